The van der Waals surface area contributed by atoms with Crippen molar-refractivity contribution in [3.05, 3.63) is 26.6 Å². The van der Waals surface area contributed by atoms with E-state index >= 15 is 0 Å². The number of benzene rings is 1. The predicted octanol–water partition coefficient (Wildman–Crippen LogP) is 2.15. The fourth-order valence-corrected chi connectivity index (χ4v) is 2.79. The zero-order valence-corrected chi connectivity index (χ0v) is 10.9. The maximum atomic E-state index is 11.0. The van der Waals surface area contributed by atoms with Gasteiger partial charge in [-0.05, 0) is 28.1 Å². The van der Waals surface area contributed by atoms with Crippen LogP contribution in [0.4, 0.5) is 10.5 Å². The molecular weight excluding hydrogens is 326 g/mol. The van der Waals surface area contributed by atoms with Gasteiger partial charge in [0.15, 0.2) is 0 Å². The fraction of sp³-hybridized carbons (Fsp3) is 0.222. The fourth-order valence-electron chi connectivity index (χ4n) is 1.54. The van der Waals surface area contributed by atoms with Gasteiger partial charge in [-0.25, -0.2) is 4.79 Å². The SMILES string of the molecule is Nc1c(Br)cc(Br)cc1[C@H]1CNC(=O)N1. The highest BCUT2D eigenvalue weighted by Gasteiger charge is 2.24. The number of nitrogen functional groups attached to an aromatic ring is 1. The molecule has 80 valence electrons. The van der Waals surface area contributed by atoms with E-state index in [4.69, 9.17) is 5.73 Å². The van der Waals surface area contributed by atoms with Crippen molar-refractivity contribution in [1.29, 1.82) is 0 Å². The van der Waals surface area contributed by atoms with Crippen LogP contribution in [0.3, 0.4) is 0 Å². The van der Waals surface area contributed by atoms with Crippen LogP contribution >= 0.6 is 31.9 Å². The Hall–Kier alpha value is -0.750. The van der Waals surface area contributed by atoms with Gasteiger partial charge in [-0.1, -0.05) is 15.9 Å². The summed E-state index contributed by atoms with van der Waals surface area (Å²) in [4.78, 5) is 11.0. The van der Waals surface area contributed by atoms with E-state index in [-0.39, 0.29) is 12.1 Å². The van der Waals surface area contributed by atoms with Gasteiger partial charge in [-0.15, -0.1) is 0 Å². The topological polar surface area (TPSA) is 67.1 Å². The van der Waals surface area contributed by atoms with Gasteiger partial charge in [-0.3, -0.25) is 0 Å². The van der Waals surface area contributed by atoms with E-state index in [1.54, 1.807) is 0 Å². The van der Waals surface area contributed by atoms with Crippen LogP contribution < -0.4 is 16.4 Å². The van der Waals surface area contributed by atoms with Gasteiger partial charge in [0.05, 0.1) is 11.7 Å². The highest BCUT2D eigenvalue weighted by Crippen LogP contribution is 2.32. The molecule has 1 saturated heterocycles. The summed E-state index contributed by atoms with van der Waals surface area (Å²) in [5.74, 6) is 0. The number of urea groups is 1. The van der Waals surface area contributed by atoms with Crippen molar-refractivity contribution < 1.29 is 4.79 Å². The number of carbonyl (C=O) groups is 1. The zero-order valence-electron chi connectivity index (χ0n) is 7.68. The summed E-state index contributed by atoms with van der Waals surface area (Å²) in [5.41, 5.74) is 7.50. The predicted molar refractivity (Wildman–Crippen MR) is 65.5 cm³/mol. The molecule has 0 unspecified atom stereocenters. The Morgan fingerprint density at radius 3 is 2.73 bits per heavy atom. The summed E-state index contributed by atoms with van der Waals surface area (Å²) in [6.45, 7) is 0.561. The molecule has 0 radical (unpaired) electrons. The molecule has 2 rings (SSSR count). The van der Waals surface area contributed by atoms with Crippen molar-refractivity contribution in [1.82, 2.24) is 10.6 Å². The molecule has 1 aliphatic heterocycles. The third-order valence-electron chi connectivity index (χ3n) is 2.27. The first-order chi connectivity index (χ1) is 7.08. The van der Waals surface area contributed by atoms with Crippen LogP contribution in [0.25, 0.3) is 0 Å². The average molecular weight is 335 g/mol. The highest BCUT2D eigenvalue weighted by atomic mass is 79.9. The minimum absolute atomic E-state index is 0.0636. The molecule has 1 fully saturated rings. The lowest BCUT2D eigenvalue weighted by atomic mass is 10.1. The lowest BCUT2D eigenvalue weighted by Crippen LogP contribution is -2.22. The number of hydrogen-bond donors (Lipinski definition) is 3. The Labute approximate surface area is 104 Å². The van der Waals surface area contributed by atoms with Gasteiger partial charge in [0, 0.05) is 21.1 Å². The Morgan fingerprint density at radius 1 is 1.40 bits per heavy atom. The second kappa shape index (κ2) is 4.02. The number of anilines is 1. The number of carbonyl (C=O) groups excluding carboxylic acids is 1. The van der Waals surface area contributed by atoms with Crippen LogP contribution in [-0.4, -0.2) is 12.6 Å². The van der Waals surface area contributed by atoms with E-state index in [2.05, 4.69) is 42.5 Å². The smallest absolute Gasteiger partial charge is 0.315 e. The van der Waals surface area contributed by atoms with Crippen molar-refractivity contribution in [2.75, 3.05) is 12.3 Å². The standard InChI is InChI=1S/C9H9Br2N3O/c10-4-1-5(8(12)6(11)2-4)7-3-13-9(15)14-7/h1-2,7H,3,12H2,(H2,13,14,15)/t7-/m1/s1. The van der Waals surface area contributed by atoms with E-state index in [0.29, 0.717) is 12.2 Å². The number of halogens is 2. The summed E-state index contributed by atoms with van der Waals surface area (Å²) < 4.78 is 1.76. The van der Waals surface area contributed by atoms with Crippen LogP contribution in [0, 0.1) is 0 Å². The Balaban J connectivity index is 2.39. The summed E-state index contributed by atoms with van der Waals surface area (Å²) in [7, 11) is 0. The van der Waals surface area contributed by atoms with Gasteiger partial charge in [0.1, 0.15) is 0 Å². The van der Waals surface area contributed by atoms with Crippen LogP contribution in [0.5, 0.6) is 0 Å². The molecule has 1 heterocycles. The molecule has 0 aromatic heterocycles. The van der Waals surface area contributed by atoms with Gasteiger partial charge < -0.3 is 16.4 Å². The molecular formula is C9H9Br2N3O. The molecule has 6 heteroatoms. The molecule has 1 aromatic carbocycles. The summed E-state index contributed by atoms with van der Waals surface area (Å²) in [6, 6.07) is 3.57. The van der Waals surface area contributed by atoms with Crippen molar-refractivity contribution in [2.45, 2.75) is 6.04 Å². The van der Waals surface area contributed by atoms with Gasteiger partial charge in [0.25, 0.3) is 0 Å². The number of hydrogen-bond acceptors (Lipinski definition) is 2. The third-order valence-corrected chi connectivity index (χ3v) is 3.39. The normalized spacial score (nSPS) is 19.9. The molecule has 0 saturated carbocycles. The second-order valence-corrected chi connectivity index (χ2v) is 5.07. The summed E-state index contributed by atoms with van der Waals surface area (Å²) in [5, 5.41) is 5.49. The van der Waals surface area contributed by atoms with Crippen molar-refractivity contribution in [2.24, 2.45) is 0 Å². The maximum absolute atomic E-state index is 11.0. The van der Waals surface area contributed by atoms with Crippen LogP contribution in [0.1, 0.15) is 11.6 Å². The monoisotopic (exact) mass is 333 g/mol. The summed E-state index contributed by atoms with van der Waals surface area (Å²) >= 11 is 6.76. The summed E-state index contributed by atoms with van der Waals surface area (Å²) in [6.07, 6.45) is 0. The molecule has 1 aromatic rings. The third kappa shape index (κ3) is 2.10. The van der Waals surface area contributed by atoms with E-state index in [0.717, 1.165) is 14.5 Å². The Morgan fingerprint density at radius 2 is 2.13 bits per heavy atom. The van der Waals surface area contributed by atoms with Crippen LogP contribution in [-0.2, 0) is 0 Å². The molecule has 0 bridgehead atoms. The molecule has 15 heavy (non-hydrogen) atoms. The van der Waals surface area contributed by atoms with Crippen molar-refractivity contribution >= 4 is 43.6 Å². The van der Waals surface area contributed by atoms with Crippen molar-refractivity contribution in [3.8, 4) is 0 Å². The number of nitrogens with one attached hydrogen (secondary N) is 2. The zero-order chi connectivity index (χ0) is 11.0. The van der Waals surface area contributed by atoms with Gasteiger partial charge >= 0.3 is 6.03 Å². The van der Waals surface area contributed by atoms with E-state index in [1.807, 2.05) is 12.1 Å². The molecule has 1 atom stereocenters. The molecule has 4 N–H and O–H groups in total. The van der Waals surface area contributed by atoms with Crippen molar-refractivity contribution in [3.63, 3.8) is 0 Å². The Bertz CT molecular complexity index is 422. The first-order valence-electron chi connectivity index (χ1n) is 4.36. The van der Waals surface area contributed by atoms with Crippen LogP contribution in [0.15, 0.2) is 21.1 Å². The minimum atomic E-state index is -0.157. The van der Waals surface area contributed by atoms with Crippen LogP contribution in [0.2, 0.25) is 0 Å². The van der Waals surface area contributed by atoms with E-state index in [9.17, 15) is 4.79 Å². The van der Waals surface area contributed by atoms with E-state index in [1.165, 1.54) is 0 Å². The molecule has 0 spiro atoms. The molecule has 2 amide bonds. The number of amides is 2. The first-order valence-corrected chi connectivity index (χ1v) is 5.95. The second-order valence-electron chi connectivity index (χ2n) is 3.30. The van der Waals surface area contributed by atoms with Gasteiger partial charge in [0.2, 0.25) is 0 Å². The number of rotatable bonds is 1. The minimum Gasteiger partial charge on any atom is -0.398 e. The number of nitrogens with two attached hydrogens (primary N) is 1. The molecule has 4 nitrogen and oxygen atoms in total. The maximum Gasteiger partial charge on any atom is 0.315 e. The quantitative estimate of drug-likeness (QED) is 0.689. The molecule has 0 aliphatic carbocycles. The van der Waals surface area contributed by atoms with E-state index < -0.39 is 0 Å². The lowest BCUT2D eigenvalue weighted by Gasteiger charge is -2.13. The average Bonchev–Trinajstić information content (AvgIpc) is 2.58. The lowest BCUT2D eigenvalue weighted by molar-refractivity contribution is 0.247. The highest BCUT2D eigenvalue weighted by molar-refractivity contribution is 9.11. The Kier molecular flexibility index (Phi) is 2.88. The first kappa shape index (κ1) is 10.8. The largest absolute Gasteiger partial charge is 0.398 e. The van der Waals surface area contributed by atoms with Gasteiger partial charge in [-0.2, -0.15) is 0 Å². The molecule has 1 aliphatic rings.